The second-order valence-electron chi connectivity index (χ2n) is 7.63. The molecule has 2 aliphatic heterocycles. The number of carbonyl (C=O) groups excluding carboxylic acids is 1. The van der Waals surface area contributed by atoms with Gasteiger partial charge in [0.1, 0.15) is 11.4 Å². The lowest BCUT2D eigenvalue weighted by Crippen LogP contribution is -2.52. The zero-order valence-corrected chi connectivity index (χ0v) is 17.8. The number of amides is 1. The molecule has 2 aromatic rings. The van der Waals surface area contributed by atoms with Crippen LogP contribution in [0.3, 0.4) is 0 Å². The minimum absolute atomic E-state index is 0.184. The fourth-order valence-electron chi connectivity index (χ4n) is 3.69. The van der Waals surface area contributed by atoms with Gasteiger partial charge in [-0.3, -0.25) is 9.79 Å². The van der Waals surface area contributed by atoms with E-state index in [1.54, 1.807) is 12.1 Å². The van der Waals surface area contributed by atoms with Crippen molar-refractivity contribution < 1.29 is 13.2 Å². The molecule has 1 amide bonds. The van der Waals surface area contributed by atoms with Crippen molar-refractivity contribution in [2.24, 2.45) is 4.99 Å². The van der Waals surface area contributed by atoms with Crippen LogP contribution in [0.4, 0.5) is 0 Å². The van der Waals surface area contributed by atoms with Crippen LogP contribution in [0, 0.1) is 13.8 Å². The van der Waals surface area contributed by atoms with Gasteiger partial charge in [-0.05, 0) is 31.5 Å². The fourth-order valence-corrected chi connectivity index (χ4v) is 5.40. The highest BCUT2D eigenvalue weighted by atomic mass is 35.5. The molecule has 1 fully saturated rings. The lowest BCUT2D eigenvalue weighted by atomic mass is 10.00. The summed E-state index contributed by atoms with van der Waals surface area (Å²) in [5.74, 6) is -0.213. The highest BCUT2D eigenvalue weighted by Gasteiger charge is 2.44. The Morgan fingerprint density at radius 1 is 1.07 bits per heavy atom. The Balaban J connectivity index is 1.53. The van der Waals surface area contributed by atoms with E-state index in [1.807, 2.05) is 38.1 Å². The summed E-state index contributed by atoms with van der Waals surface area (Å²) in [5.41, 5.74) is 2.38. The molecule has 1 spiro atoms. The van der Waals surface area contributed by atoms with Gasteiger partial charge in [-0.1, -0.05) is 47.5 Å². The predicted molar refractivity (Wildman–Crippen MR) is 113 cm³/mol. The second kappa shape index (κ2) is 7.23. The maximum absolute atomic E-state index is 13.0. The molecule has 2 aliphatic rings. The molecule has 0 saturated carbocycles. The smallest absolute Gasteiger partial charge is 0.272 e. The molecule has 0 bridgehead atoms. The highest BCUT2D eigenvalue weighted by Crippen LogP contribution is 2.32. The highest BCUT2D eigenvalue weighted by molar-refractivity contribution is 7.89. The van der Waals surface area contributed by atoms with Crippen molar-refractivity contribution in [3.63, 3.8) is 0 Å². The molecule has 0 radical (unpaired) electrons. The van der Waals surface area contributed by atoms with Crippen LogP contribution in [-0.4, -0.2) is 43.1 Å². The summed E-state index contributed by atoms with van der Waals surface area (Å²) >= 11 is 6.11. The Bertz CT molecular complexity index is 1100. The van der Waals surface area contributed by atoms with Gasteiger partial charge in [-0.2, -0.15) is 4.31 Å². The number of nitrogens with zero attached hydrogens (tertiary/aromatic N) is 2. The van der Waals surface area contributed by atoms with Gasteiger partial charge in [0.2, 0.25) is 10.0 Å². The lowest BCUT2D eigenvalue weighted by molar-refractivity contribution is -0.115. The van der Waals surface area contributed by atoms with Gasteiger partial charge in [0.15, 0.2) is 0 Å². The van der Waals surface area contributed by atoms with Crippen molar-refractivity contribution in [1.82, 2.24) is 9.62 Å². The average Bonchev–Trinajstić information content (AvgIpc) is 3.00. The summed E-state index contributed by atoms with van der Waals surface area (Å²) in [7, 11) is -3.64. The number of hydrogen-bond acceptors (Lipinski definition) is 4. The minimum atomic E-state index is -3.64. The van der Waals surface area contributed by atoms with E-state index in [0.29, 0.717) is 23.6 Å². The summed E-state index contributed by atoms with van der Waals surface area (Å²) in [4.78, 5) is 17.4. The molecule has 0 atom stereocenters. The Morgan fingerprint density at radius 3 is 2.34 bits per heavy atom. The molecule has 0 aliphatic carbocycles. The first-order valence-corrected chi connectivity index (χ1v) is 11.3. The van der Waals surface area contributed by atoms with E-state index in [9.17, 15) is 13.2 Å². The Kier molecular flexibility index (Phi) is 5.01. The summed E-state index contributed by atoms with van der Waals surface area (Å²) in [6.45, 7) is 4.37. The van der Waals surface area contributed by atoms with Crippen LogP contribution < -0.4 is 5.32 Å². The van der Waals surface area contributed by atoms with Crippen LogP contribution in [0.5, 0.6) is 0 Å². The van der Waals surface area contributed by atoms with E-state index in [1.165, 1.54) is 10.4 Å². The van der Waals surface area contributed by atoms with Gasteiger partial charge in [0.25, 0.3) is 5.91 Å². The first-order valence-electron chi connectivity index (χ1n) is 9.46. The number of nitrogens with one attached hydrogen (secondary N) is 1. The molecule has 29 heavy (non-hydrogen) atoms. The molecule has 0 aromatic heterocycles. The van der Waals surface area contributed by atoms with Crippen LogP contribution in [0.2, 0.25) is 5.02 Å². The third-order valence-electron chi connectivity index (χ3n) is 5.54. The fraction of sp³-hybridized carbons (Fsp3) is 0.333. The van der Waals surface area contributed by atoms with Crippen molar-refractivity contribution in [2.75, 3.05) is 13.1 Å². The van der Waals surface area contributed by atoms with E-state index >= 15 is 0 Å². The van der Waals surface area contributed by atoms with Crippen LogP contribution in [0.1, 0.15) is 29.5 Å². The Labute approximate surface area is 175 Å². The first kappa shape index (κ1) is 20.1. The molecule has 2 aromatic carbocycles. The van der Waals surface area contributed by atoms with Crippen LogP contribution in [0.15, 0.2) is 52.4 Å². The monoisotopic (exact) mass is 431 g/mol. The topological polar surface area (TPSA) is 78.8 Å². The summed E-state index contributed by atoms with van der Waals surface area (Å²) < 4.78 is 27.4. The van der Waals surface area contributed by atoms with E-state index in [-0.39, 0.29) is 23.9 Å². The number of aliphatic imine (C=N–C) groups is 1. The number of rotatable bonds is 3. The standard InChI is InChI=1S/C21H22ClN3O3S/c1-14-3-6-16(7-4-14)19-20(26)24-21(23-19)9-11-25(12-10-21)29(27,28)17-8-5-15(2)18(22)13-17/h3-8,13H,9-12H2,1-2H3,(H,24,26). The number of piperidine rings is 1. The number of benzene rings is 2. The number of hydrogen-bond donors (Lipinski definition) is 1. The van der Waals surface area contributed by atoms with Gasteiger partial charge in [-0.15, -0.1) is 0 Å². The zero-order valence-electron chi connectivity index (χ0n) is 16.3. The first-order chi connectivity index (χ1) is 13.7. The molecule has 1 saturated heterocycles. The van der Waals surface area contributed by atoms with Crippen molar-refractivity contribution in [3.05, 3.63) is 64.2 Å². The number of sulfonamides is 1. The van der Waals surface area contributed by atoms with Gasteiger partial charge >= 0.3 is 0 Å². The van der Waals surface area contributed by atoms with Gasteiger partial charge in [-0.25, -0.2) is 8.42 Å². The molecular formula is C21H22ClN3O3S. The van der Waals surface area contributed by atoms with Crippen LogP contribution >= 0.6 is 11.6 Å². The Hall–Kier alpha value is -2.22. The summed E-state index contributed by atoms with van der Waals surface area (Å²) in [5, 5.41) is 3.40. The third-order valence-corrected chi connectivity index (χ3v) is 7.84. The van der Waals surface area contributed by atoms with Gasteiger partial charge in [0.05, 0.1) is 4.90 Å². The summed E-state index contributed by atoms with van der Waals surface area (Å²) in [6.07, 6.45) is 0.847. The normalized spacial score (nSPS) is 19.3. The van der Waals surface area contributed by atoms with E-state index in [0.717, 1.165) is 16.7 Å². The molecule has 4 rings (SSSR count). The summed E-state index contributed by atoms with van der Waals surface area (Å²) in [6, 6.07) is 12.4. The van der Waals surface area contributed by atoms with Crippen molar-refractivity contribution in [1.29, 1.82) is 0 Å². The number of aryl methyl sites for hydroxylation is 2. The zero-order chi connectivity index (χ0) is 20.8. The lowest BCUT2D eigenvalue weighted by Gasteiger charge is -2.36. The number of carbonyl (C=O) groups is 1. The molecular weight excluding hydrogens is 410 g/mol. The molecule has 6 nitrogen and oxygen atoms in total. The third kappa shape index (κ3) is 3.70. The minimum Gasteiger partial charge on any atom is -0.326 e. The maximum atomic E-state index is 13.0. The van der Waals surface area contributed by atoms with Crippen LogP contribution in [-0.2, 0) is 14.8 Å². The van der Waals surface area contributed by atoms with E-state index in [4.69, 9.17) is 11.6 Å². The van der Waals surface area contributed by atoms with Gasteiger partial charge in [0, 0.05) is 36.5 Å². The quantitative estimate of drug-likeness (QED) is 0.811. The predicted octanol–water partition coefficient (Wildman–Crippen LogP) is 3.06. The number of halogens is 1. The molecule has 152 valence electrons. The van der Waals surface area contributed by atoms with Crippen LogP contribution in [0.25, 0.3) is 0 Å². The van der Waals surface area contributed by atoms with E-state index < -0.39 is 15.7 Å². The molecule has 1 N–H and O–H groups in total. The molecule has 0 unspecified atom stereocenters. The Morgan fingerprint density at radius 2 is 1.72 bits per heavy atom. The van der Waals surface area contributed by atoms with Crippen molar-refractivity contribution in [3.8, 4) is 0 Å². The van der Waals surface area contributed by atoms with Crippen molar-refractivity contribution >= 4 is 33.2 Å². The SMILES string of the molecule is Cc1ccc(C2=NC3(CCN(S(=O)(=O)c4ccc(C)c(Cl)c4)CC3)NC2=O)cc1. The second-order valence-corrected chi connectivity index (χ2v) is 9.97. The average molecular weight is 432 g/mol. The maximum Gasteiger partial charge on any atom is 0.272 e. The molecule has 8 heteroatoms. The molecule has 2 heterocycles. The largest absolute Gasteiger partial charge is 0.326 e. The van der Waals surface area contributed by atoms with E-state index in [2.05, 4.69) is 10.3 Å². The van der Waals surface area contributed by atoms with Gasteiger partial charge < -0.3 is 5.32 Å². The van der Waals surface area contributed by atoms with Crippen molar-refractivity contribution in [2.45, 2.75) is 37.2 Å².